The molecule has 0 unspecified atom stereocenters. The van der Waals surface area contributed by atoms with Gasteiger partial charge in [-0.1, -0.05) is 0 Å². The minimum atomic E-state index is -3.22. The molecule has 0 bridgehead atoms. The van der Waals surface area contributed by atoms with Crippen LogP contribution in [0.25, 0.3) is 0 Å². The number of hydrogen-bond donors (Lipinski definition) is 1. The summed E-state index contributed by atoms with van der Waals surface area (Å²) in [6, 6.07) is 6.61. The van der Waals surface area contributed by atoms with Gasteiger partial charge in [0.2, 0.25) is 5.88 Å². The second-order valence-corrected chi connectivity index (χ2v) is 11.6. The van der Waals surface area contributed by atoms with Crippen LogP contribution in [0.3, 0.4) is 0 Å². The lowest BCUT2D eigenvalue weighted by molar-refractivity contribution is 0.0228. The van der Waals surface area contributed by atoms with Crippen molar-refractivity contribution in [2.75, 3.05) is 18.2 Å². The summed E-state index contributed by atoms with van der Waals surface area (Å²) in [5.41, 5.74) is 1.87. The summed E-state index contributed by atoms with van der Waals surface area (Å²) in [6.07, 6.45) is 8.17. The Morgan fingerprint density at radius 3 is 2.39 bits per heavy atom. The van der Waals surface area contributed by atoms with Gasteiger partial charge in [-0.15, -0.1) is 0 Å². The number of sulfone groups is 1. The quantitative estimate of drug-likeness (QED) is 0.727. The maximum Gasteiger partial charge on any atom is 0.221 e. The number of nitrogens with zero attached hydrogens (tertiary/aromatic N) is 2. The van der Waals surface area contributed by atoms with E-state index in [9.17, 15) is 8.42 Å². The summed E-state index contributed by atoms with van der Waals surface area (Å²) in [6.45, 7) is 7.14. The maximum atomic E-state index is 11.6. The van der Waals surface area contributed by atoms with Gasteiger partial charge < -0.3 is 14.8 Å². The zero-order valence-corrected chi connectivity index (χ0v) is 19.5. The SMILES string of the molecule is Cc1c(Nc2ccc(S(C)(=O)=O)cc2)ncnc1OC1CCC2(CC1)COC(C)(C)C2. The molecule has 8 heteroatoms. The molecule has 0 radical (unpaired) electrons. The van der Waals surface area contributed by atoms with Gasteiger partial charge in [0.15, 0.2) is 9.84 Å². The van der Waals surface area contributed by atoms with Crippen molar-refractivity contribution in [3.05, 3.63) is 36.2 Å². The Kier molecular flexibility index (Phi) is 5.72. The first-order valence-electron chi connectivity index (χ1n) is 10.7. The van der Waals surface area contributed by atoms with Crippen LogP contribution in [0.2, 0.25) is 0 Å². The van der Waals surface area contributed by atoms with Crippen LogP contribution in [0.4, 0.5) is 11.5 Å². The summed E-state index contributed by atoms with van der Waals surface area (Å²) in [5, 5.41) is 3.23. The molecule has 0 atom stereocenters. The normalized spacial score (nSPS) is 25.5. The smallest absolute Gasteiger partial charge is 0.221 e. The first-order valence-corrected chi connectivity index (χ1v) is 12.6. The number of aromatic nitrogens is 2. The van der Waals surface area contributed by atoms with E-state index in [4.69, 9.17) is 9.47 Å². The molecular weight excluding hydrogens is 414 g/mol. The Hall–Kier alpha value is -2.19. The van der Waals surface area contributed by atoms with E-state index in [2.05, 4.69) is 29.1 Å². The third-order valence-corrected chi connectivity index (χ3v) is 7.55. The molecule has 1 spiro atoms. The zero-order chi connectivity index (χ0) is 22.3. The Balaban J connectivity index is 1.40. The van der Waals surface area contributed by atoms with Gasteiger partial charge in [-0.05, 0) is 82.6 Å². The van der Waals surface area contributed by atoms with Crippen LogP contribution in [-0.2, 0) is 14.6 Å². The zero-order valence-electron chi connectivity index (χ0n) is 18.6. The minimum absolute atomic E-state index is 0.0168. The third-order valence-electron chi connectivity index (χ3n) is 6.42. The van der Waals surface area contributed by atoms with Gasteiger partial charge in [0, 0.05) is 11.9 Å². The summed E-state index contributed by atoms with van der Waals surface area (Å²) in [4.78, 5) is 8.98. The number of ether oxygens (including phenoxy) is 2. The molecule has 1 aliphatic carbocycles. The van der Waals surface area contributed by atoms with Crippen molar-refractivity contribution < 1.29 is 17.9 Å². The van der Waals surface area contributed by atoms with Crippen molar-refractivity contribution in [3.8, 4) is 5.88 Å². The fourth-order valence-electron chi connectivity index (χ4n) is 4.76. The average Bonchev–Trinajstić information content (AvgIpc) is 3.01. The molecule has 1 aliphatic heterocycles. The Labute approximate surface area is 184 Å². The summed E-state index contributed by atoms with van der Waals surface area (Å²) in [7, 11) is -3.22. The van der Waals surface area contributed by atoms with Crippen LogP contribution < -0.4 is 10.1 Å². The van der Waals surface area contributed by atoms with E-state index in [0.717, 1.165) is 50.0 Å². The number of nitrogens with one attached hydrogen (secondary N) is 1. The van der Waals surface area contributed by atoms with Crippen LogP contribution in [0.15, 0.2) is 35.5 Å². The first-order chi connectivity index (χ1) is 14.6. The van der Waals surface area contributed by atoms with Crippen LogP contribution in [-0.4, -0.2) is 43.0 Å². The second-order valence-electron chi connectivity index (χ2n) is 9.62. The van der Waals surface area contributed by atoms with Crippen LogP contribution >= 0.6 is 0 Å². The molecule has 2 aromatic rings. The van der Waals surface area contributed by atoms with Crippen molar-refractivity contribution >= 4 is 21.3 Å². The maximum absolute atomic E-state index is 11.6. The van der Waals surface area contributed by atoms with Gasteiger partial charge in [-0.25, -0.2) is 18.4 Å². The summed E-state index contributed by atoms with van der Waals surface area (Å²) < 4.78 is 35.6. The molecule has 4 rings (SSSR count). The van der Waals surface area contributed by atoms with Crippen molar-refractivity contribution in [1.82, 2.24) is 9.97 Å². The fourth-order valence-corrected chi connectivity index (χ4v) is 5.39. The third kappa shape index (κ3) is 5.01. The van der Waals surface area contributed by atoms with Gasteiger partial charge in [0.25, 0.3) is 0 Å². The van der Waals surface area contributed by atoms with Crippen LogP contribution in [0, 0.1) is 12.3 Å². The Morgan fingerprint density at radius 1 is 1.13 bits per heavy atom. The molecule has 1 saturated heterocycles. The lowest BCUT2D eigenvalue weighted by Crippen LogP contribution is -2.33. The van der Waals surface area contributed by atoms with E-state index in [1.54, 1.807) is 24.3 Å². The molecule has 2 fully saturated rings. The largest absolute Gasteiger partial charge is 0.474 e. The average molecular weight is 446 g/mol. The second kappa shape index (κ2) is 8.06. The molecule has 2 aliphatic rings. The standard InChI is InChI=1S/C23H31N3O4S/c1-16-20(26-17-5-7-19(8-6-17)31(4,27)28)24-15-25-21(16)30-18-9-11-23(12-10-18)13-22(2,3)29-14-23/h5-8,15,18H,9-14H2,1-4H3,(H,24,25,26). The number of rotatable bonds is 5. The highest BCUT2D eigenvalue weighted by molar-refractivity contribution is 7.90. The number of benzene rings is 1. The van der Waals surface area contributed by atoms with E-state index in [1.807, 2.05) is 6.92 Å². The fraction of sp³-hybridized carbons (Fsp3) is 0.565. The highest BCUT2D eigenvalue weighted by Crippen LogP contribution is 2.49. The highest BCUT2D eigenvalue weighted by Gasteiger charge is 2.46. The highest BCUT2D eigenvalue weighted by atomic mass is 32.2. The van der Waals surface area contributed by atoms with E-state index in [-0.39, 0.29) is 16.6 Å². The molecule has 31 heavy (non-hydrogen) atoms. The molecule has 1 aromatic carbocycles. The lowest BCUT2D eigenvalue weighted by atomic mass is 9.70. The lowest BCUT2D eigenvalue weighted by Gasteiger charge is -2.36. The molecule has 168 valence electrons. The first kappa shape index (κ1) is 22.0. The monoisotopic (exact) mass is 445 g/mol. The van der Waals surface area contributed by atoms with E-state index < -0.39 is 9.84 Å². The Morgan fingerprint density at radius 2 is 1.81 bits per heavy atom. The van der Waals surface area contributed by atoms with Crippen molar-refractivity contribution in [2.24, 2.45) is 5.41 Å². The topological polar surface area (TPSA) is 90.4 Å². The van der Waals surface area contributed by atoms with Gasteiger partial charge in [0.05, 0.1) is 22.7 Å². The molecular formula is C23H31N3O4S. The summed E-state index contributed by atoms with van der Waals surface area (Å²) >= 11 is 0. The minimum Gasteiger partial charge on any atom is -0.474 e. The van der Waals surface area contributed by atoms with Crippen LogP contribution in [0.1, 0.15) is 51.5 Å². The van der Waals surface area contributed by atoms with Crippen LogP contribution in [0.5, 0.6) is 5.88 Å². The van der Waals surface area contributed by atoms with E-state index in [0.29, 0.717) is 17.1 Å². The van der Waals surface area contributed by atoms with E-state index in [1.165, 1.54) is 12.6 Å². The predicted molar refractivity (Wildman–Crippen MR) is 120 cm³/mol. The van der Waals surface area contributed by atoms with E-state index >= 15 is 0 Å². The molecule has 7 nitrogen and oxygen atoms in total. The predicted octanol–water partition coefficient (Wildman–Crippen LogP) is 4.44. The number of hydrogen-bond acceptors (Lipinski definition) is 7. The van der Waals surface area contributed by atoms with Crippen molar-refractivity contribution in [1.29, 1.82) is 0 Å². The Bertz CT molecular complexity index is 1040. The summed E-state index contributed by atoms with van der Waals surface area (Å²) in [5.74, 6) is 1.24. The van der Waals surface area contributed by atoms with Crippen molar-refractivity contribution in [2.45, 2.75) is 69.5 Å². The van der Waals surface area contributed by atoms with Gasteiger partial charge in [-0.2, -0.15) is 0 Å². The van der Waals surface area contributed by atoms with Gasteiger partial charge in [0.1, 0.15) is 18.2 Å². The van der Waals surface area contributed by atoms with Gasteiger partial charge >= 0.3 is 0 Å². The molecule has 1 saturated carbocycles. The van der Waals surface area contributed by atoms with Crippen molar-refractivity contribution in [3.63, 3.8) is 0 Å². The van der Waals surface area contributed by atoms with Gasteiger partial charge in [-0.3, -0.25) is 0 Å². The molecule has 2 heterocycles. The molecule has 1 N–H and O–H groups in total. The number of anilines is 2. The molecule has 0 amide bonds. The molecule has 1 aromatic heterocycles.